The molecule has 0 aromatic heterocycles. The van der Waals surface area contributed by atoms with Crippen molar-refractivity contribution in [2.75, 3.05) is 24.4 Å². The van der Waals surface area contributed by atoms with Crippen LogP contribution in [0.25, 0.3) is 0 Å². The second kappa shape index (κ2) is 10.1. The van der Waals surface area contributed by atoms with Crippen molar-refractivity contribution < 1.29 is 27.5 Å². The van der Waals surface area contributed by atoms with Gasteiger partial charge in [-0.2, -0.15) is 24.9 Å². The minimum atomic E-state index is -4.65. The zero-order chi connectivity index (χ0) is 23.4. The maximum Gasteiger partial charge on any atom is 0.420 e. The molecule has 2 aromatic carbocycles. The number of rotatable bonds is 7. The largest absolute Gasteiger partial charge is 0.496 e. The van der Waals surface area contributed by atoms with Crippen molar-refractivity contribution in [2.45, 2.75) is 25.6 Å². The zero-order valence-electron chi connectivity index (χ0n) is 17.3. The molecule has 2 amide bonds. The number of anilines is 1. The maximum atomic E-state index is 13.3. The third-order valence-corrected chi connectivity index (χ3v) is 6.11. The first kappa shape index (κ1) is 25.3. The molecule has 0 spiro atoms. The molecule has 0 bridgehead atoms. The van der Waals surface area contributed by atoms with Gasteiger partial charge in [0.2, 0.25) is 0 Å². The Morgan fingerprint density at radius 3 is 2.39 bits per heavy atom. The molecule has 0 saturated carbocycles. The van der Waals surface area contributed by atoms with Gasteiger partial charge >= 0.3 is 6.18 Å². The minimum Gasteiger partial charge on any atom is -0.496 e. The van der Waals surface area contributed by atoms with Crippen LogP contribution in [0.1, 0.15) is 40.1 Å². The molecule has 2 N–H and O–H groups in total. The summed E-state index contributed by atoms with van der Waals surface area (Å²) in [6, 6.07) is 7.99. The van der Waals surface area contributed by atoms with Crippen LogP contribution >= 0.6 is 34.4 Å². The highest BCUT2D eigenvalue weighted by atomic mass is 127. The number of hydrogen-bond donors (Lipinski definition) is 2. The molecule has 0 saturated heterocycles. The van der Waals surface area contributed by atoms with Crippen LogP contribution in [-0.2, 0) is 6.18 Å². The highest BCUT2D eigenvalue weighted by molar-refractivity contribution is 14.1. The van der Waals surface area contributed by atoms with Gasteiger partial charge in [-0.3, -0.25) is 9.59 Å². The van der Waals surface area contributed by atoms with Gasteiger partial charge in [-0.15, -0.1) is 0 Å². The first-order valence-corrected chi connectivity index (χ1v) is 11.5. The first-order valence-electron chi connectivity index (χ1n) is 9.06. The van der Waals surface area contributed by atoms with Crippen LogP contribution in [0, 0.1) is 3.57 Å². The van der Waals surface area contributed by atoms with E-state index >= 15 is 0 Å². The van der Waals surface area contributed by atoms with Crippen molar-refractivity contribution in [2.24, 2.45) is 0 Å². The van der Waals surface area contributed by atoms with Gasteiger partial charge in [-0.25, -0.2) is 0 Å². The average Bonchev–Trinajstić information content (AvgIpc) is 2.66. The van der Waals surface area contributed by atoms with Gasteiger partial charge in [0.15, 0.2) is 0 Å². The summed E-state index contributed by atoms with van der Waals surface area (Å²) >= 11 is 3.52. The Hall–Kier alpha value is -1.95. The number of ether oxygens (including phenoxy) is 1. The smallest absolute Gasteiger partial charge is 0.420 e. The number of hydrogen-bond acceptors (Lipinski definition) is 4. The number of amides is 2. The van der Waals surface area contributed by atoms with Crippen molar-refractivity contribution in [3.63, 3.8) is 0 Å². The molecule has 0 fully saturated rings. The van der Waals surface area contributed by atoms with E-state index in [9.17, 15) is 22.8 Å². The van der Waals surface area contributed by atoms with E-state index in [-0.39, 0.29) is 22.6 Å². The Labute approximate surface area is 196 Å². The molecule has 10 heteroatoms. The van der Waals surface area contributed by atoms with E-state index in [0.717, 1.165) is 19.2 Å². The van der Waals surface area contributed by atoms with Gasteiger partial charge in [-0.05, 0) is 73.0 Å². The Morgan fingerprint density at radius 1 is 1.13 bits per heavy atom. The molecule has 2 rings (SSSR count). The summed E-state index contributed by atoms with van der Waals surface area (Å²) in [4.78, 5) is 25.8. The molecular formula is C21H22F3IN2O3S. The van der Waals surface area contributed by atoms with E-state index in [1.807, 2.05) is 42.7 Å². The summed E-state index contributed by atoms with van der Waals surface area (Å²) < 4.78 is 45.1. The van der Waals surface area contributed by atoms with Crippen LogP contribution in [0.3, 0.4) is 0 Å². The summed E-state index contributed by atoms with van der Waals surface area (Å²) in [5.41, 5.74) is -1.35. The fourth-order valence-corrected chi connectivity index (χ4v) is 4.45. The molecule has 0 aliphatic rings. The molecule has 0 radical (unpaired) electrons. The normalized spacial score (nSPS) is 11.7. The summed E-state index contributed by atoms with van der Waals surface area (Å²) in [5, 5.41) is 5.36. The van der Waals surface area contributed by atoms with E-state index in [0.29, 0.717) is 9.32 Å². The van der Waals surface area contributed by atoms with E-state index in [1.165, 1.54) is 12.1 Å². The fraction of sp³-hybridized carbons (Fsp3) is 0.333. The molecule has 0 unspecified atom stereocenters. The van der Waals surface area contributed by atoms with Crippen LogP contribution in [-0.4, -0.2) is 36.5 Å². The first-order chi connectivity index (χ1) is 14.4. The number of carbonyl (C=O) groups excluding carboxylic acids is 2. The maximum absolute atomic E-state index is 13.3. The Bertz CT molecular complexity index is 981. The Morgan fingerprint density at radius 2 is 1.81 bits per heavy atom. The van der Waals surface area contributed by atoms with E-state index in [2.05, 4.69) is 10.6 Å². The fourth-order valence-electron chi connectivity index (χ4n) is 2.92. The lowest BCUT2D eigenvalue weighted by atomic mass is 10.0. The number of halogens is 4. The second-order valence-corrected chi connectivity index (χ2v) is 9.33. The van der Waals surface area contributed by atoms with Gasteiger partial charge in [-0.1, -0.05) is 6.07 Å². The number of thioether (sulfide) groups is 1. The average molecular weight is 566 g/mol. The van der Waals surface area contributed by atoms with Crippen molar-refractivity contribution in [3.8, 4) is 5.75 Å². The van der Waals surface area contributed by atoms with Gasteiger partial charge in [0.05, 0.1) is 23.8 Å². The lowest BCUT2D eigenvalue weighted by Crippen LogP contribution is -2.46. The predicted octanol–water partition coefficient (Wildman–Crippen LogP) is 5.44. The number of nitrogens with one attached hydrogen (secondary N) is 2. The van der Waals surface area contributed by atoms with Crippen molar-refractivity contribution >= 4 is 51.9 Å². The molecule has 168 valence electrons. The van der Waals surface area contributed by atoms with Crippen molar-refractivity contribution in [3.05, 3.63) is 56.7 Å². The number of benzene rings is 2. The van der Waals surface area contributed by atoms with Crippen LogP contribution in [0.2, 0.25) is 0 Å². The van der Waals surface area contributed by atoms with E-state index < -0.39 is 29.1 Å². The van der Waals surface area contributed by atoms with Crippen LogP contribution in [0.15, 0.2) is 36.4 Å². The summed E-state index contributed by atoms with van der Waals surface area (Å²) in [5.74, 6) is -0.809. The lowest BCUT2D eigenvalue weighted by molar-refractivity contribution is -0.138. The summed E-state index contributed by atoms with van der Waals surface area (Å²) in [6.07, 6.45) is -2.73. The second-order valence-electron chi connectivity index (χ2n) is 7.30. The number of methoxy groups -OCH3 is 1. The van der Waals surface area contributed by atoms with Crippen molar-refractivity contribution in [1.29, 1.82) is 0 Å². The Balaban J connectivity index is 2.37. The lowest BCUT2D eigenvalue weighted by Gasteiger charge is -2.26. The third-order valence-electron chi connectivity index (χ3n) is 4.21. The Kier molecular flexibility index (Phi) is 8.26. The highest BCUT2D eigenvalue weighted by Crippen LogP contribution is 2.37. The quantitative estimate of drug-likeness (QED) is 0.438. The number of alkyl halides is 3. The molecule has 0 heterocycles. The molecule has 5 nitrogen and oxygen atoms in total. The highest BCUT2D eigenvalue weighted by Gasteiger charge is 2.35. The van der Waals surface area contributed by atoms with E-state index in [1.54, 1.807) is 23.9 Å². The molecule has 31 heavy (non-hydrogen) atoms. The minimum absolute atomic E-state index is 0.0636. The molecule has 2 aromatic rings. The standard InChI is InChI=1S/C21H22F3IN2O3S/c1-20(2,11-31-4)27-19(29)17-13(6-5-7-15(17)25)18(28)26-12-8-9-16(30-3)14(10-12)21(22,23)24/h5-10H,11H2,1-4H3,(H,26,28)(H,27,29). The van der Waals surface area contributed by atoms with Gasteiger partial charge in [0.1, 0.15) is 5.75 Å². The molecule has 0 atom stereocenters. The number of carbonyl (C=O) groups is 2. The van der Waals surface area contributed by atoms with Gasteiger partial charge in [0, 0.05) is 20.5 Å². The van der Waals surface area contributed by atoms with Crippen LogP contribution in [0.4, 0.5) is 18.9 Å². The van der Waals surface area contributed by atoms with E-state index in [4.69, 9.17) is 4.74 Å². The molecule has 0 aliphatic carbocycles. The topological polar surface area (TPSA) is 67.4 Å². The molecular weight excluding hydrogens is 544 g/mol. The van der Waals surface area contributed by atoms with Crippen LogP contribution < -0.4 is 15.4 Å². The van der Waals surface area contributed by atoms with Gasteiger partial charge in [0.25, 0.3) is 11.8 Å². The summed E-state index contributed by atoms with van der Waals surface area (Å²) in [7, 11) is 1.14. The molecule has 0 aliphatic heterocycles. The van der Waals surface area contributed by atoms with Crippen molar-refractivity contribution in [1.82, 2.24) is 5.32 Å². The monoisotopic (exact) mass is 566 g/mol. The van der Waals surface area contributed by atoms with Crippen LogP contribution in [0.5, 0.6) is 5.75 Å². The predicted molar refractivity (Wildman–Crippen MR) is 125 cm³/mol. The third kappa shape index (κ3) is 6.52. The van der Waals surface area contributed by atoms with Gasteiger partial charge < -0.3 is 15.4 Å². The summed E-state index contributed by atoms with van der Waals surface area (Å²) in [6.45, 7) is 3.74. The zero-order valence-corrected chi connectivity index (χ0v) is 20.3. The SMILES string of the molecule is COc1ccc(NC(=O)c2cccc(I)c2C(=O)NC(C)(C)CSC)cc1C(F)(F)F.